The molecule has 0 atom stereocenters. The fourth-order valence-electron chi connectivity index (χ4n) is 3.17. The topological polar surface area (TPSA) is 55.1 Å². The molecule has 26 heavy (non-hydrogen) atoms. The van der Waals surface area contributed by atoms with Gasteiger partial charge in [0.25, 0.3) is 0 Å². The van der Waals surface area contributed by atoms with Crippen LogP contribution in [-0.2, 0) is 19.5 Å². The van der Waals surface area contributed by atoms with E-state index in [1.165, 1.54) is 17.7 Å². The summed E-state index contributed by atoms with van der Waals surface area (Å²) >= 11 is 0. The minimum atomic E-state index is -0.261. The Morgan fingerprint density at radius 3 is 2.81 bits per heavy atom. The van der Waals surface area contributed by atoms with E-state index in [1.54, 1.807) is 12.1 Å². The number of rotatable bonds is 4. The summed E-state index contributed by atoms with van der Waals surface area (Å²) in [7, 11) is 0. The molecule has 0 aliphatic carbocycles. The second kappa shape index (κ2) is 6.96. The predicted octanol–water partition coefficient (Wildman–Crippen LogP) is 3.95. The van der Waals surface area contributed by atoms with Gasteiger partial charge in [0.2, 0.25) is 0 Å². The number of halogens is 1. The minimum Gasteiger partial charge on any atom is -0.356 e. The van der Waals surface area contributed by atoms with Crippen LogP contribution in [0.1, 0.15) is 42.5 Å². The largest absolute Gasteiger partial charge is 0.356 e. The van der Waals surface area contributed by atoms with Crippen molar-refractivity contribution in [3.8, 4) is 11.3 Å². The molecule has 134 valence electrons. The molecule has 0 radical (unpaired) electrons. The van der Waals surface area contributed by atoms with E-state index in [0.717, 1.165) is 42.3 Å². The van der Waals surface area contributed by atoms with Gasteiger partial charge in [-0.1, -0.05) is 19.0 Å². The maximum Gasteiger partial charge on any atom is 0.167 e. The number of fused-ring (bicyclic) bond motifs is 1. The van der Waals surface area contributed by atoms with E-state index in [4.69, 9.17) is 9.51 Å². The molecule has 0 unspecified atom stereocenters. The fraction of sp³-hybridized carbons (Fsp3) is 0.350. The van der Waals surface area contributed by atoms with Gasteiger partial charge in [-0.15, -0.1) is 0 Å². The Bertz CT molecular complexity index is 904. The SMILES string of the molecule is CC(C)c1ncc2c(n1)CCN(Cc1cc(-c3ccc(F)cc3)on1)C2. The molecule has 6 heteroatoms. The fourth-order valence-corrected chi connectivity index (χ4v) is 3.17. The first kappa shape index (κ1) is 16.8. The van der Waals surface area contributed by atoms with Crippen LogP contribution < -0.4 is 0 Å². The van der Waals surface area contributed by atoms with Gasteiger partial charge in [0.05, 0.1) is 5.69 Å². The van der Waals surface area contributed by atoms with Gasteiger partial charge in [-0.3, -0.25) is 4.90 Å². The van der Waals surface area contributed by atoms with Gasteiger partial charge in [0, 0.05) is 61.1 Å². The monoisotopic (exact) mass is 352 g/mol. The van der Waals surface area contributed by atoms with Gasteiger partial charge in [-0.05, 0) is 24.3 Å². The van der Waals surface area contributed by atoms with Crippen molar-refractivity contribution in [3.63, 3.8) is 0 Å². The summed E-state index contributed by atoms with van der Waals surface area (Å²) in [5, 5.41) is 4.16. The third kappa shape index (κ3) is 3.51. The molecular formula is C20H21FN4O. The summed E-state index contributed by atoms with van der Waals surface area (Å²) in [5.41, 5.74) is 4.03. The molecule has 0 N–H and O–H groups in total. The molecular weight excluding hydrogens is 331 g/mol. The zero-order valence-corrected chi connectivity index (χ0v) is 14.9. The molecule has 1 aliphatic rings. The highest BCUT2D eigenvalue weighted by molar-refractivity contribution is 5.57. The Kier molecular flexibility index (Phi) is 4.51. The molecule has 1 aliphatic heterocycles. The predicted molar refractivity (Wildman–Crippen MR) is 95.8 cm³/mol. The highest BCUT2D eigenvalue weighted by Gasteiger charge is 2.20. The number of aromatic nitrogens is 3. The highest BCUT2D eigenvalue weighted by Crippen LogP contribution is 2.23. The van der Waals surface area contributed by atoms with Crippen molar-refractivity contribution in [2.24, 2.45) is 0 Å². The van der Waals surface area contributed by atoms with Crippen molar-refractivity contribution in [2.45, 2.75) is 39.3 Å². The van der Waals surface area contributed by atoms with Crippen LogP contribution in [0.25, 0.3) is 11.3 Å². The van der Waals surface area contributed by atoms with Crippen LogP contribution in [0.3, 0.4) is 0 Å². The first-order valence-electron chi connectivity index (χ1n) is 8.87. The lowest BCUT2D eigenvalue weighted by Gasteiger charge is -2.27. The van der Waals surface area contributed by atoms with Crippen LogP contribution in [0.15, 0.2) is 41.1 Å². The van der Waals surface area contributed by atoms with Crippen LogP contribution in [0.4, 0.5) is 4.39 Å². The molecule has 0 saturated heterocycles. The van der Waals surface area contributed by atoms with E-state index in [0.29, 0.717) is 18.2 Å². The average molecular weight is 352 g/mol. The van der Waals surface area contributed by atoms with Crippen LogP contribution in [-0.4, -0.2) is 26.6 Å². The Morgan fingerprint density at radius 1 is 1.23 bits per heavy atom. The number of hydrogen-bond donors (Lipinski definition) is 0. The van der Waals surface area contributed by atoms with Crippen LogP contribution >= 0.6 is 0 Å². The second-order valence-electron chi connectivity index (χ2n) is 7.00. The molecule has 3 heterocycles. The molecule has 3 aromatic rings. The molecule has 0 amide bonds. The van der Waals surface area contributed by atoms with Gasteiger partial charge >= 0.3 is 0 Å². The summed E-state index contributed by atoms with van der Waals surface area (Å²) in [6.07, 6.45) is 2.87. The van der Waals surface area contributed by atoms with Crippen molar-refractivity contribution in [1.29, 1.82) is 0 Å². The van der Waals surface area contributed by atoms with Crippen molar-refractivity contribution >= 4 is 0 Å². The Balaban J connectivity index is 1.45. The van der Waals surface area contributed by atoms with Gasteiger partial charge in [-0.2, -0.15) is 0 Å². The van der Waals surface area contributed by atoms with Crippen LogP contribution in [0, 0.1) is 5.82 Å². The number of nitrogens with zero attached hydrogens (tertiary/aromatic N) is 4. The van der Waals surface area contributed by atoms with E-state index in [9.17, 15) is 4.39 Å². The number of benzene rings is 1. The van der Waals surface area contributed by atoms with Gasteiger partial charge in [0.15, 0.2) is 5.76 Å². The van der Waals surface area contributed by atoms with E-state index < -0.39 is 0 Å². The summed E-state index contributed by atoms with van der Waals surface area (Å²) in [4.78, 5) is 11.5. The normalized spacial score (nSPS) is 14.6. The van der Waals surface area contributed by atoms with Crippen molar-refractivity contribution in [1.82, 2.24) is 20.0 Å². The van der Waals surface area contributed by atoms with Gasteiger partial charge in [-0.25, -0.2) is 14.4 Å². The lowest BCUT2D eigenvalue weighted by Crippen LogP contribution is -2.31. The van der Waals surface area contributed by atoms with Crippen LogP contribution in [0.5, 0.6) is 0 Å². The van der Waals surface area contributed by atoms with Crippen molar-refractivity contribution < 1.29 is 8.91 Å². The Morgan fingerprint density at radius 2 is 2.04 bits per heavy atom. The molecule has 2 aromatic heterocycles. The Labute approximate surface area is 151 Å². The third-order valence-corrected chi connectivity index (χ3v) is 4.62. The first-order chi connectivity index (χ1) is 12.6. The molecule has 0 bridgehead atoms. The number of hydrogen-bond acceptors (Lipinski definition) is 5. The van der Waals surface area contributed by atoms with Crippen molar-refractivity contribution in [2.75, 3.05) is 6.54 Å². The standard InChI is InChI=1S/C20H21FN4O/c1-13(2)20-22-10-15-11-25(8-7-18(15)23-20)12-17-9-19(26-24-17)14-3-5-16(21)6-4-14/h3-6,9-10,13H,7-8,11-12H2,1-2H3. The third-order valence-electron chi connectivity index (χ3n) is 4.62. The minimum absolute atomic E-state index is 0.261. The maximum atomic E-state index is 13.0. The second-order valence-corrected chi connectivity index (χ2v) is 7.00. The first-order valence-corrected chi connectivity index (χ1v) is 8.87. The van der Waals surface area contributed by atoms with E-state index in [-0.39, 0.29) is 5.82 Å². The zero-order chi connectivity index (χ0) is 18.1. The van der Waals surface area contributed by atoms with E-state index in [2.05, 4.69) is 28.9 Å². The Hall–Kier alpha value is -2.60. The van der Waals surface area contributed by atoms with Crippen molar-refractivity contribution in [3.05, 3.63) is 65.1 Å². The molecule has 0 fully saturated rings. The molecule has 4 rings (SSSR count). The summed E-state index contributed by atoms with van der Waals surface area (Å²) in [6.45, 7) is 6.67. The van der Waals surface area contributed by atoms with Crippen LogP contribution in [0.2, 0.25) is 0 Å². The van der Waals surface area contributed by atoms with Gasteiger partial charge in [0.1, 0.15) is 11.6 Å². The molecule has 1 aromatic carbocycles. The molecule has 0 saturated carbocycles. The summed E-state index contributed by atoms with van der Waals surface area (Å²) in [6, 6.07) is 8.15. The van der Waals surface area contributed by atoms with E-state index in [1.807, 2.05) is 12.3 Å². The average Bonchev–Trinajstić information content (AvgIpc) is 3.10. The van der Waals surface area contributed by atoms with Gasteiger partial charge < -0.3 is 4.52 Å². The maximum absolute atomic E-state index is 13.0. The van der Waals surface area contributed by atoms with E-state index >= 15 is 0 Å². The lowest BCUT2D eigenvalue weighted by atomic mass is 10.1. The highest BCUT2D eigenvalue weighted by atomic mass is 19.1. The summed E-state index contributed by atoms with van der Waals surface area (Å²) in [5.74, 6) is 1.65. The smallest absolute Gasteiger partial charge is 0.167 e. The lowest BCUT2D eigenvalue weighted by molar-refractivity contribution is 0.235. The molecule has 5 nitrogen and oxygen atoms in total. The molecule has 0 spiro atoms. The zero-order valence-electron chi connectivity index (χ0n) is 14.9. The summed E-state index contributed by atoms with van der Waals surface area (Å²) < 4.78 is 18.5. The quantitative estimate of drug-likeness (QED) is 0.711.